The second kappa shape index (κ2) is 7.02. The summed E-state index contributed by atoms with van der Waals surface area (Å²) >= 11 is 0. The summed E-state index contributed by atoms with van der Waals surface area (Å²) in [6.07, 6.45) is 4.00. The standard InChI is InChI=1S/C12H24O2/c1-6-9-13-11(3)8-10-14-12(4,5)7-2/h6,11H,1,7-10H2,2-5H3. The van der Waals surface area contributed by atoms with Crippen molar-refractivity contribution < 1.29 is 9.47 Å². The van der Waals surface area contributed by atoms with Crippen molar-refractivity contribution in [2.45, 2.75) is 52.2 Å². The van der Waals surface area contributed by atoms with Gasteiger partial charge in [0, 0.05) is 6.61 Å². The lowest BCUT2D eigenvalue weighted by molar-refractivity contribution is -0.0385. The second-order valence-electron chi connectivity index (χ2n) is 4.18. The zero-order chi connectivity index (χ0) is 11.0. The Labute approximate surface area is 88.3 Å². The number of hydrogen-bond donors (Lipinski definition) is 0. The van der Waals surface area contributed by atoms with Crippen LogP contribution in [0.3, 0.4) is 0 Å². The smallest absolute Gasteiger partial charge is 0.0648 e. The van der Waals surface area contributed by atoms with E-state index in [1.54, 1.807) is 6.08 Å². The minimum atomic E-state index is -0.00183. The SMILES string of the molecule is C=CCOC(C)CCOC(C)(C)CC. The van der Waals surface area contributed by atoms with E-state index in [0.29, 0.717) is 6.61 Å². The molecule has 0 aromatic rings. The van der Waals surface area contributed by atoms with Crippen LogP contribution in [0.25, 0.3) is 0 Å². The van der Waals surface area contributed by atoms with Gasteiger partial charge in [0.25, 0.3) is 0 Å². The van der Waals surface area contributed by atoms with E-state index in [0.717, 1.165) is 19.4 Å². The van der Waals surface area contributed by atoms with Crippen LogP contribution in [0.1, 0.15) is 40.5 Å². The van der Waals surface area contributed by atoms with E-state index in [1.807, 2.05) is 0 Å². The Bertz CT molecular complexity index is 152. The Morgan fingerprint density at radius 3 is 2.57 bits per heavy atom. The minimum absolute atomic E-state index is 0.00183. The normalized spacial score (nSPS) is 14.0. The van der Waals surface area contributed by atoms with Crippen LogP contribution < -0.4 is 0 Å². The third kappa shape index (κ3) is 7.10. The zero-order valence-electron chi connectivity index (χ0n) is 10.0. The third-order valence-electron chi connectivity index (χ3n) is 2.37. The van der Waals surface area contributed by atoms with Gasteiger partial charge in [-0.1, -0.05) is 13.0 Å². The van der Waals surface area contributed by atoms with Crippen molar-refractivity contribution >= 4 is 0 Å². The highest BCUT2D eigenvalue weighted by Gasteiger charge is 2.15. The van der Waals surface area contributed by atoms with Crippen molar-refractivity contribution in [3.8, 4) is 0 Å². The van der Waals surface area contributed by atoms with Gasteiger partial charge < -0.3 is 9.47 Å². The molecule has 0 bridgehead atoms. The Morgan fingerprint density at radius 2 is 2.07 bits per heavy atom. The average molecular weight is 200 g/mol. The van der Waals surface area contributed by atoms with Gasteiger partial charge in [0.1, 0.15) is 0 Å². The monoisotopic (exact) mass is 200 g/mol. The number of rotatable bonds is 8. The van der Waals surface area contributed by atoms with Gasteiger partial charge in [0.15, 0.2) is 0 Å². The molecule has 0 rings (SSSR count). The molecule has 1 atom stereocenters. The van der Waals surface area contributed by atoms with Crippen LogP contribution in [0.15, 0.2) is 12.7 Å². The highest BCUT2D eigenvalue weighted by Crippen LogP contribution is 2.14. The summed E-state index contributed by atoms with van der Waals surface area (Å²) in [6.45, 7) is 13.4. The molecule has 0 heterocycles. The van der Waals surface area contributed by atoms with Crippen LogP contribution in [0.2, 0.25) is 0 Å². The molecular formula is C12H24O2. The fourth-order valence-corrected chi connectivity index (χ4v) is 0.919. The molecule has 14 heavy (non-hydrogen) atoms. The molecular weight excluding hydrogens is 176 g/mol. The first-order chi connectivity index (χ1) is 6.52. The van der Waals surface area contributed by atoms with Crippen LogP contribution in [0, 0.1) is 0 Å². The van der Waals surface area contributed by atoms with Gasteiger partial charge in [-0.2, -0.15) is 0 Å². The largest absolute Gasteiger partial charge is 0.375 e. The van der Waals surface area contributed by atoms with Crippen molar-refractivity contribution in [2.75, 3.05) is 13.2 Å². The van der Waals surface area contributed by atoms with Gasteiger partial charge in [-0.25, -0.2) is 0 Å². The highest BCUT2D eigenvalue weighted by atomic mass is 16.5. The lowest BCUT2D eigenvalue weighted by atomic mass is 10.1. The summed E-state index contributed by atoms with van der Waals surface area (Å²) in [7, 11) is 0. The Kier molecular flexibility index (Phi) is 6.85. The summed E-state index contributed by atoms with van der Waals surface area (Å²) in [5.41, 5.74) is -0.00183. The molecule has 1 unspecified atom stereocenters. The average Bonchev–Trinajstić information content (AvgIpc) is 2.14. The Balaban J connectivity index is 3.48. The zero-order valence-corrected chi connectivity index (χ0v) is 10.0. The summed E-state index contributed by atoms with van der Waals surface area (Å²) < 4.78 is 11.2. The van der Waals surface area contributed by atoms with Crippen LogP contribution in [0.5, 0.6) is 0 Å². The fourth-order valence-electron chi connectivity index (χ4n) is 0.919. The molecule has 0 amide bonds. The molecule has 0 radical (unpaired) electrons. The predicted octanol–water partition coefficient (Wildman–Crippen LogP) is 3.17. The minimum Gasteiger partial charge on any atom is -0.375 e. The van der Waals surface area contributed by atoms with Crippen molar-refractivity contribution in [1.29, 1.82) is 0 Å². The first kappa shape index (κ1) is 13.7. The van der Waals surface area contributed by atoms with Crippen molar-refractivity contribution in [1.82, 2.24) is 0 Å². The molecule has 0 aromatic heterocycles. The molecule has 84 valence electrons. The van der Waals surface area contributed by atoms with E-state index < -0.39 is 0 Å². The molecule has 0 spiro atoms. The molecule has 0 aliphatic heterocycles. The summed E-state index contributed by atoms with van der Waals surface area (Å²) in [6, 6.07) is 0. The lowest BCUT2D eigenvalue weighted by Crippen LogP contribution is -2.25. The Hall–Kier alpha value is -0.340. The maximum atomic E-state index is 5.72. The quantitative estimate of drug-likeness (QED) is 0.560. The molecule has 2 heteroatoms. The first-order valence-electron chi connectivity index (χ1n) is 5.38. The molecule has 0 aliphatic carbocycles. The summed E-state index contributed by atoms with van der Waals surface area (Å²) in [5.74, 6) is 0. The van der Waals surface area contributed by atoms with Crippen LogP contribution in [-0.2, 0) is 9.47 Å². The summed E-state index contributed by atoms with van der Waals surface area (Å²) in [5, 5.41) is 0. The van der Waals surface area contributed by atoms with E-state index in [4.69, 9.17) is 9.47 Å². The molecule has 2 nitrogen and oxygen atoms in total. The number of ether oxygens (including phenoxy) is 2. The third-order valence-corrected chi connectivity index (χ3v) is 2.37. The van der Waals surface area contributed by atoms with E-state index in [-0.39, 0.29) is 11.7 Å². The van der Waals surface area contributed by atoms with Gasteiger partial charge >= 0.3 is 0 Å². The second-order valence-corrected chi connectivity index (χ2v) is 4.18. The van der Waals surface area contributed by atoms with E-state index >= 15 is 0 Å². The van der Waals surface area contributed by atoms with E-state index in [1.165, 1.54) is 0 Å². The summed E-state index contributed by atoms with van der Waals surface area (Å²) in [4.78, 5) is 0. The van der Waals surface area contributed by atoms with Gasteiger partial charge in [-0.05, 0) is 33.6 Å². The van der Waals surface area contributed by atoms with Crippen LogP contribution in [0.4, 0.5) is 0 Å². The van der Waals surface area contributed by atoms with Gasteiger partial charge in [-0.3, -0.25) is 0 Å². The van der Waals surface area contributed by atoms with Gasteiger partial charge in [-0.15, -0.1) is 6.58 Å². The predicted molar refractivity (Wildman–Crippen MR) is 60.6 cm³/mol. The van der Waals surface area contributed by atoms with Crippen molar-refractivity contribution in [3.63, 3.8) is 0 Å². The molecule has 0 saturated carbocycles. The van der Waals surface area contributed by atoms with Crippen molar-refractivity contribution in [3.05, 3.63) is 12.7 Å². The maximum absolute atomic E-state index is 5.72. The molecule has 0 aromatic carbocycles. The maximum Gasteiger partial charge on any atom is 0.0648 e. The van der Waals surface area contributed by atoms with E-state index in [2.05, 4.69) is 34.3 Å². The molecule has 0 aliphatic rings. The number of hydrogen-bond acceptors (Lipinski definition) is 2. The van der Waals surface area contributed by atoms with Gasteiger partial charge in [0.2, 0.25) is 0 Å². The lowest BCUT2D eigenvalue weighted by Gasteiger charge is -2.24. The molecule has 0 N–H and O–H groups in total. The van der Waals surface area contributed by atoms with Crippen LogP contribution in [-0.4, -0.2) is 24.9 Å². The molecule has 0 saturated heterocycles. The van der Waals surface area contributed by atoms with E-state index in [9.17, 15) is 0 Å². The fraction of sp³-hybridized carbons (Fsp3) is 0.833. The van der Waals surface area contributed by atoms with Crippen LogP contribution >= 0.6 is 0 Å². The molecule has 0 fully saturated rings. The highest BCUT2D eigenvalue weighted by molar-refractivity contribution is 4.67. The van der Waals surface area contributed by atoms with Crippen molar-refractivity contribution in [2.24, 2.45) is 0 Å². The first-order valence-corrected chi connectivity index (χ1v) is 5.38. The Morgan fingerprint density at radius 1 is 1.43 bits per heavy atom. The topological polar surface area (TPSA) is 18.5 Å². The van der Waals surface area contributed by atoms with Gasteiger partial charge in [0.05, 0.1) is 18.3 Å².